The number of unbranched alkanes of at least 4 members (excludes halogenated alkanes) is 1. The minimum absolute atomic E-state index is 0.136. The van der Waals surface area contributed by atoms with Gasteiger partial charge in [-0.1, -0.05) is 13.3 Å². The van der Waals surface area contributed by atoms with Crippen LogP contribution in [0.15, 0.2) is 9.27 Å². The molecule has 5 heteroatoms. The molecule has 0 saturated carbocycles. The molecular formula is C10H15BrN2O2. The molecule has 1 N–H and O–H groups in total. The monoisotopic (exact) mass is 274 g/mol. The van der Waals surface area contributed by atoms with E-state index in [4.69, 9.17) is 4.74 Å². The molecule has 84 valence electrons. The third-order valence-corrected chi connectivity index (χ3v) is 2.85. The molecule has 0 amide bonds. The van der Waals surface area contributed by atoms with Gasteiger partial charge in [-0.15, -0.1) is 0 Å². The molecule has 15 heavy (non-hydrogen) atoms. The van der Waals surface area contributed by atoms with E-state index in [0.717, 1.165) is 25.1 Å². The maximum absolute atomic E-state index is 11.5. The minimum atomic E-state index is -0.136. The maximum Gasteiger partial charge on any atom is 0.265 e. The van der Waals surface area contributed by atoms with Crippen LogP contribution in [0, 0.1) is 0 Å². The number of hydrogen-bond donors (Lipinski definition) is 1. The average molecular weight is 275 g/mol. The van der Waals surface area contributed by atoms with Crippen LogP contribution in [0.2, 0.25) is 0 Å². The predicted molar refractivity (Wildman–Crippen MR) is 61.9 cm³/mol. The number of nitrogens with one attached hydrogen (secondary N) is 1. The Hall–Kier alpha value is -0.680. The van der Waals surface area contributed by atoms with E-state index in [-0.39, 0.29) is 5.56 Å². The van der Waals surface area contributed by atoms with Crippen LogP contribution in [0.5, 0.6) is 0 Å². The van der Waals surface area contributed by atoms with Crippen molar-refractivity contribution < 1.29 is 4.74 Å². The molecule has 0 aliphatic carbocycles. The van der Waals surface area contributed by atoms with E-state index in [1.54, 1.807) is 7.11 Å². The van der Waals surface area contributed by atoms with Gasteiger partial charge in [0.05, 0.1) is 12.3 Å². The highest BCUT2D eigenvalue weighted by atomic mass is 79.9. The summed E-state index contributed by atoms with van der Waals surface area (Å²) in [6, 6.07) is 0. The maximum atomic E-state index is 11.5. The molecule has 0 saturated heterocycles. The number of rotatable bonds is 5. The zero-order chi connectivity index (χ0) is 11.3. The van der Waals surface area contributed by atoms with Gasteiger partial charge in [0.2, 0.25) is 0 Å². The Balaban J connectivity index is 2.95. The molecule has 0 atom stereocenters. The average Bonchev–Trinajstić information content (AvgIpc) is 2.22. The van der Waals surface area contributed by atoms with Crippen LogP contribution >= 0.6 is 15.9 Å². The molecule has 1 rings (SSSR count). The lowest BCUT2D eigenvalue weighted by atomic mass is 10.2. The van der Waals surface area contributed by atoms with Gasteiger partial charge in [-0.05, 0) is 22.4 Å². The van der Waals surface area contributed by atoms with Crippen LogP contribution in [0.3, 0.4) is 0 Å². The van der Waals surface area contributed by atoms with Crippen LogP contribution in [-0.2, 0) is 17.8 Å². The molecule has 0 unspecified atom stereocenters. The van der Waals surface area contributed by atoms with Gasteiger partial charge in [0.25, 0.3) is 5.56 Å². The van der Waals surface area contributed by atoms with Crippen molar-refractivity contribution >= 4 is 15.9 Å². The second-order valence-electron chi connectivity index (χ2n) is 3.31. The minimum Gasteiger partial charge on any atom is -0.378 e. The molecular weight excluding hydrogens is 260 g/mol. The van der Waals surface area contributed by atoms with Crippen molar-refractivity contribution in [3.8, 4) is 0 Å². The highest BCUT2D eigenvalue weighted by Crippen LogP contribution is 2.10. The van der Waals surface area contributed by atoms with E-state index in [9.17, 15) is 4.79 Å². The third-order valence-electron chi connectivity index (χ3n) is 2.03. The molecule has 0 spiro atoms. The Morgan fingerprint density at radius 2 is 2.27 bits per heavy atom. The summed E-state index contributed by atoms with van der Waals surface area (Å²) in [5.74, 6) is 0.733. The molecule has 0 aromatic carbocycles. The van der Waals surface area contributed by atoms with Crippen molar-refractivity contribution in [2.45, 2.75) is 32.8 Å². The first-order valence-electron chi connectivity index (χ1n) is 4.95. The van der Waals surface area contributed by atoms with Crippen LogP contribution in [0.4, 0.5) is 0 Å². The number of ether oxygens (including phenoxy) is 1. The number of aromatic amines is 1. The summed E-state index contributed by atoms with van der Waals surface area (Å²) >= 11 is 3.20. The fourth-order valence-electron chi connectivity index (χ4n) is 1.25. The number of aromatic nitrogens is 2. The van der Waals surface area contributed by atoms with E-state index in [1.165, 1.54) is 0 Å². The van der Waals surface area contributed by atoms with Crippen LogP contribution < -0.4 is 5.56 Å². The van der Waals surface area contributed by atoms with Gasteiger partial charge in [0.1, 0.15) is 10.3 Å². The smallest absolute Gasteiger partial charge is 0.265 e. The Bertz CT molecular complexity index is 376. The van der Waals surface area contributed by atoms with Crippen molar-refractivity contribution in [1.29, 1.82) is 0 Å². The van der Waals surface area contributed by atoms with E-state index in [1.807, 2.05) is 0 Å². The van der Waals surface area contributed by atoms with Crippen molar-refractivity contribution in [3.63, 3.8) is 0 Å². The van der Waals surface area contributed by atoms with Gasteiger partial charge >= 0.3 is 0 Å². The number of hydrogen-bond acceptors (Lipinski definition) is 3. The Morgan fingerprint density at radius 3 is 2.87 bits per heavy atom. The summed E-state index contributed by atoms with van der Waals surface area (Å²) < 4.78 is 5.44. The topological polar surface area (TPSA) is 55.0 Å². The first-order valence-corrected chi connectivity index (χ1v) is 5.74. The van der Waals surface area contributed by atoms with Crippen LogP contribution in [0.25, 0.3) is 0 Å². The Labute approximate surface area is 97.2 Å². The molecule has 0 aliphatic rings. The van der Waals surface area contributed by atoms with Gasteiger partial charge in [-0.3, -0.25) is 4.79 Å². The van der Waals surface area contributed by atoms with E-state index in [2.05, 4.69) is 32.8 Å². The Morgan fingerprint density at radius 1 is 1.53 bits per heavy atom. The molecule has 4 nitrogen and oxygen atoms in total. The molecule has 1 aromatic heterocycles. The first-order chi connectivity index (χ1) is 7.19. The van der Waals surface area contributed by atoms with E-state index < -0.39 is 0 Å². The molecule has 1 heterocycles. The van der Waals surface area contributed by atoms with Crippen molar-refractivity contribution in [2.75, 3.05) is 7.11 Å². The predicted octanol–water partition coefficient (Wildman–Crippen LogP) is 2.02. The summed E-state index contributed by atoms with van der Waals surface area (Å²) in [5, 5.41) is 0. The zero-order valence-electron chi connectivity index (χ0n) is 8.97. The molecule has 1 aromatic rings. The van der Waals surface area contributed by atoms with Gasteiger partial charge in [0.15, 0.2) is 0 Å². The van der Waals surface area contributed by atoms with Crippen molar-refractivity contribution in [3.05, 3.63) is 26.3 Å². The quantitative estimate of drug-likeness (QED) is 0.894. The van der Waals surface area contributed by atoms with E-state index in [0.29, 0.717) is 16.8 Å². The van der Waals surface area contributed by atoms with E-state index >= 15 is 0 Å². The summed E-state index contributed by atoms with van der Waals surface area (Å²) in [4.78, 5) is 18.6. The van der Waals surface area contributed by atoms with Gasteiger partial charge in [-0.2, -0.15) is 0 Å². The zero-order valence-corrected chi connectivity index (χ0v) is 10.6. The number of H-pyrrole nitrogens is 1. The summed E-state index contributed by atoms with van der Waals surface area (Å²) in [5.41, 5.74) is 0.524. The highest BCUT2D eigenvalue weighted by molar-refractivity contribution is 9.10. The van der Waals surface area contributed by atoms with Gasteiger partial charge in [-0.25, -0.2) is 4.98 Å². The van der Waals surface area contributed by atoms with Crippen molar-refractivity contribution in [2.24, 2.45) is 0 Å². The molecule has 0 radical (unpaired) electrons. The SMILES string of the molecule is CCCCc1nc(COC)c(Br)c(=O)[nH]1. The molecule has 0 aliphatic heterocycles. The summed E-state index contributed by atoms with van der Waals surface area (Å²) in [6.07, 6.45) is 2.91. The normalized spacial score (nSPS) is 10.6. The third kappa shape index (κ3) is 3.43. The standard InChI is InChI=1S/C10H15BrN2O2/c1-3-4-5-8-12-7(6-15-2)9(11)10(14)13-8/h3-6H2,1-2H3,(H,12,13,14). The lowest BCUT2D eigenvalue weighted by Gasteiger charge is -2.05. The second-order valence-corrected chi connectivity index (χ2v) is 4.10. The van der Waals surface area contributed by atoms with Crippen LogP contribution in [-0.4, -0.2) is 17.1 Å². The summed E-state index contributed by atoms with van der Waals surface area (Å²) in [6.45, 7) is 2.46. The summed E-state index contributed by atoms with van der Waals surface area (Å²) in [7, 11) is 1.58. The van der Waals surface area contributed by atoms with Gasteiger partial charge in [0, 0.05) is 13.5 Å². The second kappa shape index (κ2) is 6.02. The molecule has 0 fully saturated rings. The number of aryl methyl sites for hydroxylation is 1. The Kier molecular flexibility index (Phi) is 4.98. The highest BCUT2D eigenvalue weighted by Gasteiger charge is 2.08. The number of methoxy groups -OCH3 is 1. The van der Waals surface area contributed by atoms with Crippen LogP contribution in [0.1, 0.15) is 31.3 Å². The molecule has 0 bridgehead atoms. The fourth-order valence-corrected chi connectivity index (χ4v) is 1.55. The van der Waals surface area contributed by atoms with Gasteiger partial charge < -0.3 is 9.72 Å². The fraction of sp³-hybridized carbons (Fsp3) is 0.600. The number of halogens is 1. The number of nitrogens with zero attached hydrogens (tertiary/aromatic N) is 1. The van der Waals surface area contributed by atoms with Crippen molar-refractivity contribution in [1.82, 2.24) is 9.97 Å². The lowest BCUT2D eigenvalue weighted by Crippen LogP contribution is -2.16. The largest absolute Gasteiger partial charge is 0.378 e. The first kappa shape index (κ1) is 12.4. The lowest BCUT2D eigenvalue weighted by molar-refractivity contribution is 0.180.